The number of methoxy groups -OCH3 is 1. The highest BCUT2D eigenvalue weighted by Gasteiger charge is 2.24. The monoisotopic (exact) mass is 242 g/mol. The zero-order valence-electron chi connectivity index (χ0n) is 10.3. The average Bonchev–Trinajstić information content (AvgIpc) is 2.54. The molecular weight excluding hydrogens is 224 g/mol. The van der Waals surface area contributed by atoms with Crippen LogP contribution in [0.2, 0.25) is 0 Å². The SMILES string of the molecule is COc1c(N(C)C)sc(C(=O)C(C)C)c1N. The van der Waals surface area contributed by atoms with Gasteiger partial charge in [-0.15, -0.1) is 11.3 Å². The maximum atomic E-state index is 11.9. The molecule has 16 heavy (non-hydrogen) atoms. The van der Waals surface area contributed by atoms with E-state index in [2.05, 4.69) is 0 Å². The molecule has 1 aromatic heterocycles. The summed E-state index contributed by atoms with van der Waals surface area (Å²) in [4.78, 5) is 14.4. The van der Waals surface area contributed by atoms with Gasteiger partial charge in [0.15, 0.2) is 11.5 Å². The van der Waals surface area contributed by atoms with Crippen molar-refractivity contribution < 1.29 is 9.53 Å². The predicted octanol–water partition coefficient (Wildman–Crippen LogP) is 2.24. The Bertz CT molecular complexity index is 397. The fraction of sp³-hybridized carbons (Fsp3) is 0.545. The fourth-order valence-electron chi connectivity index (χ4n) is 1.35. The van der Waals surface area contributed by atoms with Crippen LogP contribution in [0.15, 0.2) is 0 Å². The van der Waals surface area contributed by atoms with E-state index in [-0.39, 0.29) is 11.7 Å². The third-order valence-corrected chi connectivity index (χ3v) is 3.61. The molecule has 0 aliphatic rings. The number of Topliss-reactive ketones (excluding diaryl/α,β-unsaturated/α-hetero) is 1. The predicted molar refractivity (Wildman–Crippen MR) is 68.8 cm³/mol. The first-order valence-electron chi connectivity index (χ1n) is 5.07. The van der Waals surface area contributed by atoms with Gasteiger partial charge in [0, 0.05) is 20.0 Å². The van der Waals surface area contributed by atoms with Gasteiger partial charge in [-0.25, -0.2) is 0 Å². The molecule has 0 radical (unpaired) electrons. The maximum Gasteiger partial charge on any atom is 0.177 e. The van der Waals surface area contributed by atoms with Gasteiger partial charge >= 0.3 is 0 Å². The van der Waals surface area contributed by atoms with Crippen molar-refractivity contribution in [1.82, 2.24) is 0 Å². The van der Waals surface area contributed by atoms with Gasteiger partial charge in [0.25, 0.3) is 0 Å². The van der Waals surface area contributed by atoms with Crippen LogP contribution in [-0.2, 0) is 0 Å². The number of nitrogens with two attached hydrogens (primary N) is 1. The van der Waals surface area contributed by atoms with Crippen LogP contribution in [0.4, 0.5) is 10.7 Å². The number of carbonyl (C=O) groups excluding carboxylic acids is 1. The molecule has 0 bridgehead atoms. The van der Waals surface area contributed by atoms with Crippen LogP contribution in [0, 0.1) is 5.92 Å². The highest BCUT2D eigenvalue weighted by Crippen LogP contribution is 2.44. The number of carbonyl (C=O) groups is 1. The van der Waals surface area contributed by atoms with Crippen molar-refractivity contribution in [2.24, 2.45) is 5.92 Å². The second-order valence-electron chi connectivity index (χ2n) is 4.10. The Kier molecular flexibility index (Phi) is 3.80. The van der Waals surface area contributed by atoms with Gasteiger partial charge in [0.05, 0.1) is 17.7 Å². The van der Waals surface area contributed by atoms with Crippen LogP contribution < -0.4 is 15.4 Å². The van der Waals surface area contributed by atoms with Gasteiger partial charge < -0.3 is 15.4 Å². The third kappa shape index (κ3) is 2.14. The lowest BCUT2D eigenvalue weighted by atomic mass is 10.1. The average molecular weight is 242 g/mol. The van der Waals surface area contributed by atoms with E-state index >= 15 is 0 Å². The van der Waals surface area contributed by atoms with Crippen LogP contribution in [0.5, 0.6) is 5.75 Å². The highest BCUT2D eigenvalue weighted by molar-refractivity contribution is 7.19. The molecule has 2 N–H and O–H groups in total. The first-order chi connectivity index (χ1) is 7.40. The van der Waals surface area contributed by atoms with Crippen molar-refractivity contribution in [2.75, 3.05) is 31.8 Å². The molecule has 0 aliphatic carbocycles. The molecule has 0 atom stereocenters. The molecule has 1 rings (SSSR count). The number of nitrogen functional groups attached to an aromatic ring is 1. The fourth-order valence-corrected chi connectivity index (χ4v) is 2.55. The zero-order valence-corrected chi connectivity index (χ0v) is 11.1. The summed E-state index contributed by atoms with van der Waals surface area (Å²) in [6, 6.07) is 0. The Morgan fingerprint density at radius 3 is 2.31 bits per heavy atom. The Labute approximate surface area is 100 Å². The first kappa shape index (κ1) is 12.8. The van der Waals surface area contributed by atoms with Crippen molar-refractivity contribution in [3.8, 4) is 5.75 Å². The smallest absolute Gasteiger partial charge is 0.177 e. The Morgan fingerprint density at radius 2 is 2.00 bits per heavy atom. The van der Waals surface area contributed by atoms with Crippen molar-refractivity contribution in [1.29, 1.82) is 0 Å². The minimum atomic E-state index is -0.0549. The van der Waals surface area contributed by atoms with E-state index in [1.54, 1.807) is 7.11 Å². The number of nitrogens with zero attached hydrogens (tertiary/aromatic N) is 1. The van der Waals surface area contributed by atoms with Gasteiger partial charge in [0.1, 0.15) is 5.00 Å². The van der Waals surface area contributed by atoms with Crippen LogP contribution in [0.25, 0.3) is 0 Å². The number of hydrogen-bond donors (Lipinski definition) is 1. The van der Waals surface area contributed by atoms with Gasteiger partial charge in [0.2, 0.25) is 0 Å². The van der Waals surface area contributed by atoms with Crippen LogP contribution in [0.3, 0.4) is 0 Å². The number of thiophene rings is 1. The molecule has 0 unspecified atom stereocenters. The Balaban J connectivity index is 3.28. The molecule has 0 aliphatic heterocycles. The van der Waals surface area contributed by atoms with E-state index in [1.165, 1.54) is 11.3 Å². The second kappa shape index (κ2) is 4.74. The van der Waals surface area contributed by atoms with Crippen molar-refractivity contribution in [3.05, 3.63) is 4.88 Å². The summed E-state index contributed by atoms with van der Waals surface area (Å²) in [5.41, 5.74) is 6.38. The van der Waals surface area contributed by atoms with Crippen LogP contribution in [0.1, 0.15) is 23.5 Å². The number of ketones is 1. The molecule has 1 heterocycles. The van der Waals surface area contributed by atoms with E-state index in [1.807, 2.05) is 32.8 Å². The molecule has 0 saturated carbocycles. The number of rotatable bonds is 4. The summed E-state index contributed by atoms with van der Waals surface area (Å²) in [6.45, 7) is 3.73. The third-order valence-electron chi connectivity index (χ3n) is 2.24. The molecular formula is C11H18N2O2S. The molecule has 0 fully saturated rings. The van der Waals surface area contributed by atoms with E-state index in [0.717, 1.165) is 5.00 Å². The Morgan fingerprint density at radius 1 is 1.44 bits per heavy atom. The van der Waals surface area contributed by atoms with Gasteiger partial charge in [-0.3, -0.25) is 4.79 Å². The van der Waals surface area contributed by atoms with Crippen molar-refractivity contribution in [3.63, 3.8) is 0 Å². The lowest BCUT2D eigenvalue weighted by Crippen LogP contribution is -2.08. The normalized spacial score (nSPS) is 10.6. The minimum Gasteiger partial charge on any atom is -0.492 e. The molecule has 1 aromatic rings. The molecule has 4 nitrogen and oxygen atoms in total. The van der Waals surface area contributed by atoms with Gasteiger partial charge in [-0.05, 0) is 0 Å². The maximum absolute atomic E-state index is 11.9. The van der Waals surface area contributed by atoms with E-state index in [4.69, 9.17) is 10.5 Å². The van der Waals surface area contributed by atoms with E-state index in [0.29, 0.717) is 16.3 Å². The van der Waals surface area contributed by atoms with Gasteiger partial charge in [-0.2, -0.15) is 0 Å². The minimum absolute atomic E-state index is 0.0549. The lowest BCUT2D eigenvalue weighted by Gasteiger charge is -2.11. The van der Waals surface area contributed by atoms with Crippen molar-refractivity contribution >= 4 is 27.8 Å². The number of ether oxygens (including phenoxy) is 1. The largest absolute Gasteiger partial charge is 0.492 e. The summed E-state index contributed by atoms with van der Waals surface area (Å²) in [6.07, 6.45) is 0. The Hall–Kier alpha value is -1.23. The van der Waals surface area contributed by atoms with Crippen molar-refractivity contribution in [2.45, 2.75) is 13.8 Å². The van der Waals surface area contributed by atoms with Gasteiger partial charge in [-0.1, -0.05) is 13.8 Å². The molecule has 0 saturated heterocycles. The summed E-state index contributed by atoms with van der Waals surface area (Å²) < 4.78 is 5.24. The summed E-state index contributed by atoms with van der Waals surface area (Å²) in [5.74, 6) is 0.605. The standard InChI is InChI=1S/C11H18N2O2S/c1-6(2)8(14)10-7(12)9(15-5)11(16-10)13(3)4/h6H,12H2,1-5H3. The van der Waals surface area contributed by atoms with E-state index in [9.17, 15) is 4.79 Å². The quantitative estimate of drug-likeness (QED) is 0.823. The van der Waals surface area contributed by atoms with E-state index < -0.39 is 0 Å². The first-order valence-corrected chi connectivity index (χ1v) is 5.89. The van der Waals surface area contributed by atoms with Crippen LogP contribution >= 0.6 is 11.3 Å². The zero-order chi connectivity index (χ0) is 12.5. The summed E-state index contributed by atoms with van der Waals surface area (Å²) >= 11 is 1.38. The molecule has 90 valence electrons. The topological polar surface area (TPSA) is 55.6 Å². The van der Waals surface area contributed by atoms with Crippen LogP contribution in [-0.4, -0.2) is 27.0 Å². The lowest BCUT2D eigenvalue weighted by molar-refractivity contribution is 0.0944. The highest BCUT2D eigenvalue weighted by atomic mass is 32.1. The number of hydrogen-bond acceptors (Lipinski definition) is 5. The molecule has 0 aromatic carbocycles. The molecule has 0 amide bonds. The summed E-state index contributed by atoms with van der Waals surface area (Å²) in [7, 11) is 5.36. The second-order valence-corrected chi connectivity index (χ2v) is 5.10. The molecule has 5 heteroatoms. The number of anilines is 2. The molecule has 0 spiro atoms. The summed E-state index contributed by atoms with van der Waals surface area (Å²) in [5, 5.41) is 0.879.